The van der Waals surface area contributed by atoms with Crippen LogP contribution in [0.2, 0.25) is 0 Å². The summed E-state index contributed by atoms with van der Waals surface area (Å²) in [6.45, 7) is 2.96. The van der Waals surface area contributed by atoms with Crippen molar-refractivity contribution in [3.8, 4) is 11.4 Å². The van der Waals surface area contributed by atoms with Crippen LogP contribution >= 0.6 is 0 Å². The molecule has 128 valence electrons. The fourth-order valence-electron chi connectivity index (χ4n) is 2.84. The molecule has 3 rings (SSSR count). The van der Waals surface area contributed by atoms with Gasteiger partial charge in [-0.3, -0.25) is 4.98 Å². The lowest BCUT2D eigenvalue weighted by Crippen LogP contribution is -2.44. The lowest BCUT2D eigenvalue weighted by molar-refractivity contribution is 0.329. The molecule has 7 nitrogen and oxygen atoms in total. The van der Waals surface area contributed by atoms with Crippen LogP contribution in [0.3, 0.4) is 0 Å². The summed E-state index contributed by atoms with van der Waals surface area (Å²) in [6.07, 6.45) is 6.44. The van der Waals surface area contributed by atoms with Crippen molar-refractivity contribution in [2.75, 3.05) is 24.7 Å². The maximum absolute atomic E-state index is 11.7. The van der Waals surface area contributed by atoms with Gasteiger partial charge in [0.25, 0.3) is 0 Å². The van der Waals surface area contributed by atoms with E-state index in [4.69, 9.17) is 0 Å². The summed E-state index contributed by atoms with van der Waals surface area (Å²) < 4.78 is 25.0. The Morgan fingerprint density at radius 1 is 1.33 bits per heavy atom. The lowest BCUT2D eigenvalue weighted by atomic mass is 10.1. The van der Waals surface area contributed by atoms with Gasteiger partial charge in [0.2, 0.25) is 10.0 Å². The molecule has 1 saturated heterocycles. The van der Waals surface area contributed by atoms with Crippen LogP contribution in [0, 0.1) is 6.92 Å². The molecule has 0 radical (unpaired) electrons. The largest absolute Gasteiger partial charge is 0.366 e. The van der Waals surface area contributed by atoms with Crippen LogP contribution in [0.1, 0.15) is 18.5 Å². The Kier molecular flexibility index (Phi) is 4.77. The van der Waals surface area contributed by atoms with Crippen molar-refractivity contribution in [3.63, 3.8) is 0 Å². The number of aryl methyl sites for hydroxylation is 1. The molecule has 0 amide bonds. The molecule has 1 aliphatic rings. The molecule has 1 atom stereocenters. The third-order valence-corrected chi connectivity index (χ3v) is 5.25. The first-order valence-corrected chi connectivity index (χ1v) is 9.74. The van der Waals surface area contributed by atoms with E-state index in [-0.39, 0.29) is 6.04 Å². The summed E-state index contributed by atoms with van der Waals surface area (Å²) >= 11 is 0. The molecular weight excluding hydrogens is 326 g/mol. The van der Waals surface area contributed by atoms with Gasteiger partial charge in [-0.25, -0.2) is 22.7 Å². The summed E-state index contributed by atoms with van der Waals surface area (Å²) in [7, 11) is -3.16. The van der Waals surface area contributed by atoms with E-state index < -0.39 is 10.0 Å². The predicted molar refractivity (Wildman–Crippen MR) is 93.1 cm³/mol. The van der Waals surface area contributed by atoms with Gasteiger partial charge in [-0.05, 0) is 31.9 Å². The van der Waals surface area contributed by atoms with Crippen LogP contribution in [-0.4, -0.2) is 53.1 Å². The topological polar surface area (TPSA) is 88.1 Å². The van der Waals surface area contributed by atoms with Crippen LogP contribution in [-0.2, 0) is 10.0 Å². The third kappa shape index (κ3) is 4.07. The summed E-state index contributed by atoms with van der Waals surface area (Å²) in [5.41, 5.74) is 1.70. The maximum Gasteiger partial charge on any atom is 0.211 e. The smallest absolute Gasteiger partial charge is 0.211 e. The monoisotopic (exact) mass is 347 g/mol. The molecule has 0 bridgehead atoms. The van der Waals surface area contributed by atoms with E-state index in [1.807, 2.05) is 25.1 Å². The first-order valence-electron chi connectivity index (χ1n) is 7.89. The highest BCUT2D eigenvalue weighted by molar-refractivity contribution is 7.88. The lowest BCUT2D eigenvalue weighted by Gasteiger charge is -2.31. The van der Waals surface area contributed by atoms with E-state index in [2.05, 4.69) is 20.3 Å². The second-order valence-electron chi connectivity index (χ2n) is 6.06. The number of pyridine rings is 1. The Hall–Kier alpha value is -2.06. The van der Waals surface area contributed by atoms with Gasteiger partial charge in [-0.1, -0.05) is 0 Å². The molecule has 24 heavy (non-hydrogen) atoms. The number of hydrogen-bond donors (Lipinski definition) is 1. The summed E-state index contributed by atoms with van der Waals surface area (Å²) in [5, 5.41) is 3.36. The van der Waals surface area contributed by atoms with E-state index in [9.17, 15) is 8.42 Å². The van der Waals surface area contributed by atoms with Gasteiger partial charge in [0.15, 0.2) is 5.82 Å². The molecule has 1 unspecified atom stereocenters. The molecule has 3 heterocycles. The Balaban J connectivity index is 1.79. The van der Waals surface area contributed by atoms with Gasteiger partial charge in [-0.2, -0.15) is 0 Å². The minimum Gasteiger partial charge on any atom is -0.366 e. The van der Waals surface area contributed by atoms with Crippen molar-refractivity contribution in [2.24, 2.45) is 0 Å². The van der Waals surface area contributed by atoms with Gasteiger partial charge in [-0.15, -0.1) is 0 Å². The first-order chi connectivity index (χ1) is 11.4. The van der Waals surface area contributed by atoms with Crippen LogP contribution in [0.5, 0.6) is 0 Å². The fraction of sp³-hybridized carbons (Fsp3) is 0.438. The summed E-state index contributed by atoms with van der Waals surface area (Å²) in [6, 6.07) is 5.68. The quantitative estimate of drug-likeness (QED) is 0.905. The van der Waals surface area contributed by atoms with Crippen molar-refractivity contribution in [1.82, 2.24) is 19.3 Å². The number of nitrogens with zero attached hydrogens (tertiary/aromatic N) is 4. The van der Waals surface area contributed by atoms with Gasteiger partial charge in [0.05, 0.1) is 6.26 Å². The molecule has 0 aromatic carbocycles. The molecule has 1 N–H and O–H groups in total. The molecule has 8 heteroatoms. The van der Waals surface area contributed by atoms with E-state index >= 15 is 0 Å². The third-order valence-electron chi connectivity index (χ3n) is 3.98. The minimum absolute atomic E-state index is 0.0459. The normalized spacial score (nSPS) is 19.2. The number of piperidine rings is 1. The van der Waals surface area contributed by atoms with Gasteiger partial charge < -0.3 is 5.32 Å². The van der Waals surface area contributed by atoms with Crippen molar-refractivity contribution in [3.05, 3.63) is 36.3 Å². The van der Waals surface area contributed by atoms with Gasteiger partial charge >= 0.3 is 0 Å². The minimum atomic E-state index is -3.16. The van der Waals surface area contributed by atoms with Crippen LogP contribution in [0.25, 0.3) is 11.4 Å². The highest BCUT2D eigenvalue weighted by atomic mass is 32.2. The van der Waals surface area contributed by atoms with Gasteiger partial charge in [0.1, 0.15) is 5.82 Å². The van der Waals surface area contributed by atoms with Crippen LogP contribution in [0.4, 0.5) is 5.82 Å². The average Bonchev–Trinajstić information content (AvgIpc) is 2.54. The molecule has 2 aromatic rings. The first kappa shape index (κ1) is 16.8. The molecule has 0 saturated carbocycles. The fourth-order valence-corrected chi connectivity index (χ4v) is 3.75. The van der Waals surface area contributed by atoms with Crippen LogP contribution in [0.15, 0.2) is 30.6 Å². The highest BCUT2D eigenvalue weighted by Gasteiger charge is 2.26. The Labute approximate surface area is 142 Å². The average molecular weight is 347 g/mol. The van der Waals surface area contributed by atoms with Crippen molar-refractivity contribution in [2.45, 2.75) is 25.8 Å². The zero-order chi connectivity index (χ0) is 17.2. The van der Waals surface area contributed by atoms with E-state index in [1.54, 1.807) is 12.4 Å². The second-order valence-corrected chi connectivity index (χ2v) is 8.05. The molecule has 0 aliphatic carbocycles. The van der Waals surface area contributed by atoms with Crippen LogP contribution < -0.4 is 5.32 Å². The molecule has 1 aliphatic heterocycles. The van der Waals surface area contributed by atoms with Crippen molar-refractivity contribution >= 4 is 15.8 Å². The SMILES string of the molecule is Cc1cc(NC2CCCN(S(C)(=O)=O)C2)nc(-c2cccnc2)n1. The van der Waals surface area contributed by atoms with Gasteiger partial charge in [0, 0.05) is 48.8 Å². The number of hydrogen-bond acceptors (Lipinski definition) is 6. The molecule has 0 spiro atoms. The number of aromatic nitrogens is 3. The van der Waals surface area contributed by atoms with Crippen molar-refractivity contribution in [1.29, 1.82) is 0 Å². The van der Waals surface area contributed by atoms with E-state index in [0.29, 0.717) is 24.7 Å². The number of sulfonamides is 1. The van der Waals surface area contributed by atoms with E-state index in [1.165, 1.54) is 10.6 Å². The predicted octanol–water partition coefficient (Wildman–Crippen LogP) is 1.68. The number of anilines is 1. The summed E-state index contributed by atoms with van der Waals surface area (Å²) in [5.74, 6) is 1.32. The molecular formula is C16H21N5O2S. The second kappa shape index (κ2) is 6.82. The standard InChI is InChI=1S/C16H21N5O2S/c1-12-9-15(20-16(18-12)13-5-3-7-17-10-13)19-14-6-4-8-21(11-14)24(2,22)23/h3,5,7,9-10,14H,4,6,8,11H2,1-2H3,(H,18,19,20). The maximum atomic E-state index is 11.7. The zero-order valence-electron chi connectivity index (χ0n) is 13.8. The summed E-state index contributed by atoms with van der Waals surface area (Å²) in [4.78, 5) is 13.1. The number of rotatable bonds is 4. The number of nitrogens with one attached hydrogen (secondary N) is 1. The van der Waals surface area contributed by atoms with E-state index in [0.717, 1.165) is 24.1 Å². The zero-order valence-corrected chi connectivity index (χ0v) is 14.6. The Bertz CT molecular complexity index is 810. The molecule has 1 fully saturated rings. The molecule has 2 aromatic heterocycles. The highest BCUT2D eigenvalue weighted by Crippen LogP contribution is 2.20. The Morgan fingerprint density at radius 3 is 2.88 bits per heavy atom. The van der Waals surface area contributed by atoms with Crippen molar-refractivity contribution < 1.29 is 8.42 Å². The Morgan fingerprint density at radius 2 is 2.17 bits per heavy atom.